The number of benzene rings is 4. The van der Waals surface area contributed by atoms with E-state index >= 15 is 0 Å². The molecule has 4 aromatic carbocycles. The van der Waals surface area contributed by atoms with E-state index in [2.05, 4.69) is 31.0 Å². The number of ether oxygens (including phenoxy) is 3. The minimum absolute atomic E-state index is 0.159. The van der Waals surface area contributed by atoms with Crippen LogP contribution in [0, 0.1) is 0 Å². The van der Waals surface area contributed by atoms with Gasteiger partial charge in [0, 0.05) is 48.9 Å². The molecule has 0 aliphatic carbocycles. The zero-order valence-corrected chi connectivity index (χ0v) is 27.8. The van der Waals surface area contributed by atoms with Crippen LogP contribution < -0.4 is 25.6 Å². The van der Waals surface area contributed by atoms with Crippen molar-refractivity contribution in [2.75, 3.05) is 62.7 Å². The highest BCUT2D eigenvalue weighted by Gasteiger charge is 2.37. The van der Waals surface area contributed by atoms with Gasteiger partial charge in [-0.2, -0.15) is 0 Å². The van der Waals surface area contributed by atoms with Crippen LogP contribution in [0.2, 0.25) is 0 Å². The number of amides is 2. The van der Waals surface area contributed by atoms with Crippen molar-refractivity contribution in [1.82, 2.24) is 19.8 Å². The van der Waals surface area contributed by atoms with Gasteiger partial charge in [-0.05, 0) is 53.9 Å². The first kappa shape index (κ1) is 32.8. The SMILES string of the molecule is COc1cc2ncnc(NNc3ccc(NC(=O)C(c4ccccc4)N4Cc5ccccc5C4=O)cc3)c2cc1OCCCN1CCOCC1. The molecule has 1 saturated heterocycles. The topological polar surface area (TPSA) is 130 Å². The maximum atomic E-state index is 13.8. The number of morpholine rings is 1. The summed E-state index contributed by atoms with van der Waals surface area (Å²) in [6, 6.07) is 27.1. The predicted octanol–water partition coefficient (Wildman–Crippen LogP) is 5.51. The molecule has 12 heteroatoms. The van der Waals surface area contributed by atoms with Gasteiger partial charge in [-0.1, -0.05) is 48.5 Å². The summed E-state index contributed by atoms with van der Waals surface area (Å²) < 4.78 is 17.2. The first-order chi connectivity index (χ1) is 24.6. The number of rotatable bonds is 13. The molecular weight excluding hydrogens is 634 g/mol. The number of methoxy groups -OCH3 is 1. The van der Waals surface area contributed by atoms with Crippen LogP contribution in [-0.4, -0.2) is 78.1 Å². The normalized spacial score (nSPS) is 15.0. The van der Waals surface area contributed by atoms with E-state index in [4.69, 9.17) is 14.2 Å². The van der Waals surface area contributed by atoms with Crippen LogP contribution in [0.3, 0.4) is 0 Å². The molecule has 1 unspecified atom stereocenters. The Bertz CT molecular complexity index is 1950. The lowest BCUT2D eigenvalue weighted by Crippen LogP contribution is -2.37. The highest BCUT2D eigenvalue weighted by Crippen LogP contribution is 2.35. The van der Waals surface area contributed by atoms with Gasteiger partial charge in [-0.25, -0.2) is 9.97 Å². The van der Waals surface area contributed by atoms with Crippen LogP contribution in [0.4, 0.5) is 17.2 Å². The molecule has 2 amide bonds. The number of hydrazine groups is 1. The quantitative estimate of drug-likeness (QED) is 0.109. The lowest BCUT2D eigenvalue weighted by molar-refractivity contribution is -0.120. The Morgan fingerprint density at radius 2 is 1.66 bits per heavy atom. The molecule has 2 aliphatic heterocycles. The van der Waals surface area contributed by atoms with E-state index in [0.717, 1.165) is 61.5 Å². The zero-order valence-electron chi connectivity index (χ0n) is 27.8. The molecule has 256 valence electrons. The maximum absolute atomic E-state index is 13.8. The van der Waals surface area contributed by atoms with E-state index in [1.807, 2.05) is 72.8 Å². The first-order valence-corrected chi connectivity index (χ1v) is 16.7. The van der Waals surface area contributed by atoms with E-state index in [-0.39, 0.29) is 11.8 Å². The molecule has 5 aromatic rings. The molecule has 1 fully saturated rings. The summed E-state index contributed by atoms with van der Waals surface area (Å²) in [4.78, 5) is 40.0. The molecule has 2 aliphatic rings. The lowest BCUT2D eigenvalue weighted by Gasteiger charge is -2.27. The lowest BCUT2D eigenvalue weighted by atomic mass is 10.0. The summed E-state index contributed by atoms with van der Waals surface area (Å²) in [6.45, 7) is 5.30. The fourth-order valence-electron chi connectivity index (χ4n) is 6.30. The molecular formula is C38H39N7O5. The number of anilines is 3. The molecule has 0 bridgehead atoms. The largest absolute Gasteiger partial charge is 0.493 e. The fourth-order valence-corrected chi connectivity index (χ4v) is 6.30. The summed E-state index contributed by atoms with van der Waals surface area (Å²) in [6.07, 6.45) is 2.37. The van der Waals surface area contributed by atoms with Crippen molar-refractivity contribution >= 4 is 39.9 Å². The molecule has 0 radical (unpaired) electrons. The second-order valence-electron chi connectivity index (χ2n) is 12.1. The Morgan fingerprint density at radius 1 is 0.900 bits per heavy atom. The third kappa shape index (κ3) is 7.31. The molecule has 0 saturated carbocycles. The van der Waals surface area contributed by atoms with E-state index < -0.39 is 6.04 Å². The van der Waals surface area contributed by atoms with Crippen molar-refractivity contribution in [3.63, 3.8) is 0 Å². The second kappa shape index (κ2) is 15.2. The molecule has 1 aromatic heterocycles. The minimum Gasteiger partial charge on any atom is -0.493 e. The van der Waals surface area contributed by atoms with Gasteiger partial charge in [-0.3, -0.25) is 25.3 Å². The summed E-state index contributed by atoms with van der Waals surface area (Å²) in [7, 11) is 1.61. The highest BCUT2D eigenvalue weighted by atomic mass is 16.5. The van der Waals surface area contributed by atoms with Crippen molar-refractivity contribution in [3.05, 3.63) is 114 Å². The van der Waals surface area contributed by atoms with Gasteiger partial charge >= 0.3 is 0 Å². The molecule has 12 nitrogen and oxygen atoms in total. The Morgan fingerprint density at radius 3 is 2.44 bits per heavy atom. The van der Waals surface area contributed by atoms with E-state index in [9.17, 15) is 9.59 Å². The average Bonchev–Trinajstić information content (AvgIpc) is 3.49. The van der Waals surface area contributed by atoms with Crippen molar-refractivity contribution in [2.45, 2.75) is 19.0 Å². The van der Waals surface area contributed by atoms with Crippen molar-refractivity contribution < 1.29 is 23.8 Å². The number of carbonyl (C=O) groups is 2. The van der Waals surface area contributed by atoms with Crippen LogP contribution in [0.25, 0.3) is 10.9 Å². The van der Waals surface area contributed by atoms with Crippen LogP contribution in [0.15, 0.2) is 97.3 Å². The van der Waals surface area contributed by atoms with Crippen LogP contribution in [0.1, 0.15) is 33.9 Å². The van der Waals surface area contributed by atoms with Gasteiger partial charge in [0.05, 0.1) is 38.1 Å². The number of hydrogen-bond acceptors (Lipinski definition) is 10. The molecule has 3 N–H and O–H groups in total. The smallest absolute Gasteiger partial charge is 0.255 e. The summed E-state index contributed by atoms with van der Waals surface area (Å²) in [5, 5.41) is 3.77. The molecule has 3 heterocycles. The predicted molar refractivity (Wildman–Crippen MR) is 191 cm³/mol. The third-order valence-electron chi connectivity index (χ3n) is 8.90. The highest BCUT2D eigenvalue weighted by molar-refractivity contribution is 6.04. The summed E-state index contributed by atoms with van der Waals surface area (Å²) >= 11 is 0. The number of aromatic nitrogens is 2. The van der Waals surface area contributed by atoms with Crippen molar-refractivity contribution in [2.24, 2.45) is 0 Å². The van der Waals surface area contributed by atoms with Crippen molar-refractivity contribution in [3.8, 4) is 11.5 Å². The number of nitrogens with one attached hydrogen (secondary N) is 3. The standard InChI is InChI=1S/C38H39N7O5/c1-48-33-23-32-31(22-34(33)50-19-7-16-44-17-20-49-21-18-44)36(40-25-39-32)43-42-29-14-12-28(13-15-29)41-37(46)35(26-8-3-2-4-9-26)45-24-27-10-5-6-11-30(27)38(45)47/h2-6,8-15,22-23,25,35,42H,7,16-21,24H2,1H3,(H,41,46)(H,39,40,43). The molecule has 1 atom stereocenters. The Labute approximate surface area is 290 Å². The van der Waals surface area contributed by atoms with Crippen LogP contribution >= 0.6 is 0 Å². The Kier molecular flexibility index (Phi) is 9.99. The number of carbonyl (C=O) groups excluding carboxylic acids is 2. The third-order valence-corrected chi connectivity index (χ3v) is 8.90. The second-order valence-corrected chi connectivity index (χ2v) is 12.1. The van der Waals surface area contributed by atoms with Gasteiger partial charge < -0.3 is 24.4 Å². The van der Waals surface area contributed by atoms with Gasteiger partial charge in [0.25, 0.3) is 11.8 Å². The number of hydrogen-bond donors (Lipinski definition) is 3. The van der Waals surface area contributed by atoms with Crippen molar-refractivity contribution in [1.29, 1.82) is 0 Å². The van der Waals surface area contributed by atoms with Gasteiger partial charge in [0.15, 0.2) is 17.3 Å². The zero-order chi connectivity index (χ0) is 34.3. The molecule has 50 heavy (non-hydrogen) atoms. The molecule has 7 rings (SSSR count). The van der Waals surface area contributed by atoms with Gasteiger partial charge in [0.1, 0.15) is 12.4 Å². The van der Waals surface area contributed by atoms with Gasteiger partial charge in [0.2, 0.25) is 0 Å². The van der Waals surface area contributed by atoms with Crippen LogP contribution in [0.5, 0.6) is 11.5 Å². The van der Waals surface area contributed by atoms with E-state index in [0.29, 0.717) is 47.2 Å². The Hall–Kier alpha value is -5.72. The minimum atomic E-state index is -0.793. The fraction of sp³-hybridized carbons (Fsp3) is 0.263. The number of nitrogens with zero attached hydrogens (tertiary/aromatic N) is 4. The van der Waals surface area contributed by atoms with Gasteiger partial charge in [-0.15, -0.1) is 0 Å². The Balaban J connectivity index is 1.00. The first-order valence-electron chi connectivity index (χ1n) is 16.7. The molecule has 0 spiro atoms. The van der Waals surface area contributed by atoms with E-state index in [1.165, 1.54) is 6.33 Å². The summed E-state index contributed by atoms with van der Waals surface area (Å²) in [5.74, 6) is 1.34. The van der Waals surface area contributed by atoms with Crippen LogP contribution in [-0.2, 0) is 16.1 Å². The number of fused-ring (bicyclic) bond motifs is 2. The maximum Gasteiger partial charge on any atom is 0.255 e. The summed E-state index contributed by atoms with van der Waals surface area (Å²) in [5.41, 5.74) is 10.7. The van der Waals surface area contributed by atoms with E-state index in [1.54, 1.807) is 30.2 Å². The average molecular weight is 674 g/mol. The monoisotopic (exact) mass is 673 g/mol.